The van der Waals surface area contributed by atoms with Crippen molar-refractivity contribution in [2.45, 2.75) is 39.2 Å². The maximum Gasteiger partial charge on any atom is 0.0759 e. The van der Waals surface area contributed by atoms with E-state index in [2.05, 4.69) is 20.8 Å². The van der Waals surface area contributed by atoms with E-state index >= 15 is 0 Å². The van der Waals surface area contributed by atoms with Gasteiger partial charge >= 0.3 is 0 Å². The molecule has 64 valence electrons. The first-order chi connectivity index (χ1) is 5.18. The lowest BCUT2D eigenvalue weighted by molar-refractivity contribution is -0.159. The molecule has 0 aromatic carbocycles. The summed E-state index contributed by atoms with van der Waals surface area (Å²) < 4.78 is 5.91. The molecule has 0 N–H and O–H groups in total. The van der Waals surface area contributed by atoms with Gasteiger partial charge in [0.1, 0.15) is 0 Å². The first-order valence-electron chi connectivity index (χ1n) is 4.82. The Bertz CT molecular complexity index is 158. The van der Waals surface area contributed by atoms with Gasteiger partial charge in [-0.2, -0.15) is 0 Å². The Balaban J connectivity index is 2.20. The molecule has 0 spiro atoms. The molecule has 1 saturated carbocycles. The van der Waals surface area contributed by atoms with Gasteiger partial charge in [-0.1, -0.05) is 20.8 Å². The van der Waals surface area contributed by atoms with Crippen LogP contribution in [0.5, 0.6) is 0 Å². The molecule has 1 aliphatic heterocycles. The van der Waals surface area contributed by atoms with Crippen molar-refractivity contribution in [2.75, 3.05) is 6.61 Å². The summed E-state index contributed by atoms with van der Waals surface area (Å²) in [5, 5.41) is 0. The number of rotatable bonds is 1. The summed E-state index contributed by atoms with van der Waals surface area (Å²) in [6.45, 7) is 7.94. The third kappa shape index (κ3) is 0.752. The van der Waals surface area contributed by atoms with Gasteiger partial charge in [0.25, 0.3) is 0 Å². The van der Waals surface area contributed by atoms with Crippen LogP contribution in [0.15, 0.2) is 0 Å². The fourth-order valence-corrected chi connectivity index (χ4v) is 3.23. The second-order valence-electron chi connectivity index (χ2n) is 4.48. The average molecular weight is 154 g/mol. The number of fused-ring (bicyclic) bond motifs is 1. The average Bonchev–Trinajstić information content (AvgIpc) is 2.26. The fraction of sp³-hybridized carbons (Fsp3) is 1.00. The monoisotopic (exact) mass is 154 g/mol. The van der Waals surface area contributed by atoms with E-state index in [4.69, 9.17) is 4.74 Å². The number of ether oxygens (including phenoxy) is 1. The van der Waals surface area contributed by atoms with E-state index < -0.39 is 0 Å². The van der Waals surface area contributed by atoms with Crippen LogP contribution in [0.2, 0.25) is 0 Å². The second-order valence-corrected chi connectivity index (χ2v) is 4.48. The van der Waals surface area contributed by atoms with Gasteiger partial charge in [-0.05, 0) is 30.6 Å². The first-order valence-corrected chi connectivity index (χ1v) is 4.82. The van der Waals surface area contributed by atoms with Gasteiger partial charge in [-0.3, -0.25) is 0 Å². The Kier molecular flexibility index (Phi) is 1.54. The fourth-order valence-electron chi connectivity index (χ4n) is 3.23. The molecule has 1 heterocycles. The molecule has 3 atom stereocenters. The third-order valence-electron chi connectivity index (χ3n) is 3.77. The van der Waals surface area contributed by atoms with E-state index in [0.29, 0.717) is 11.5 Å². The van der Waals surface area contributed by atoms with Crippen molar-refractivity contribution in [3.05, 3.63) is 0 Å². The summed E-state index contributed by atoms with van der Waals surface area (Å²) in [4.78, 5) is 0. The maximum absolute atomic E-state index is 5.91. The molecule has 0 aromatic heterocycles. The topological polar surface area (TPSA) is 9.23 Å². The lowest BCUT2D eigenvalue weighted by Gasteiger charge is -2.52. The van der Waals surface area contributed by atoms with E-state index in [1.165, 1.54) is 12.8 Å². The number of hydrogen-bond acceptors (Lipinski definition) is 1. The van der Waals surface area contributed by atoms with Crippen LogP contribution in [-0.2, 0) is 4.74 Å². The van der Waals surface area contributed by atoms with Crippen LogP contribution in [0, 0.1) is 17.8 Å². The zero-order chi connectivity index (χ0) is 8.06. The quantitative estimate of drug-likeness (QED) is 0.563. The molecule has 1 nitrogen and oxygen atoms in total. The normalized spacial score (nSPS) is 49.1. The van der Waals surface area contributed by atoms with Gasteiger partial charge in [0.2, 0.25) is 0 Å². The van der Waals surface area contributed by atoms with Crippen molar-refractivity contribution in [1.82, 2.24) is 0 Å². The van der Waals surface area contributed by atoms with Gasteiger partial charge in [0.05, 0.1) is 5.60 Å². The molecular weight excluding hydrogens is 136 g/mol. The first kappa shape index (κ1) is 7.60. The van der Waals surface area contributed by atoms with Crippen molar-refractivity contribution in [1.29, 1.82) is 0 Å². The van der Waals surface area contributed by atoms with Gasteiger partial charge in [0.15, 0.2) is 0 Å². The van der Waals surface area contributed by atoms with Crippen LogP contribution < -0.4 is 0 Å². The Morgan fingerprint density at radius 1 is 1.45 bits per heavy atom. The predicted octanol–water partition coefficient (Wildman–Crippen LogP) is 2.46. The van der Waals surface area contributed by atoms with Crippen LogP contribution in [0.25, 0.3) is 0 Å². The van der Waals surface area contributed by atoms with Gasteiger partial charge in [-0.25, -0.2) is 0 Å². The highest BCUT2D eigenvalue weighted by Gasteiger charge is 2.58. The zero-order valence-corrected chi connectivity index (χ0v) is 7.76. The Morgan fingerprint density at radius 3 is 2.55 bits per heavy atom. The number of hydrogen-bond donors (Lipinski definition) is 0. The van der Waals surface area contributed by atoms with E-state index in [9.17, 15) is 0 Å². The highest BCUT2D eigenvalue weighted by Crippen LogP contribution is 2.56. The molecular formula is C10H18O. The van der Waals surface area contributed by atoms with Gasteiger partial charge in [-0.15, -0.1) is 0 Å². The summed E-state index contributed by atoms with van der Waals surface area (Å²) in [6, 6.07) is 0. The van der Waals surface area contributed by atoms with Crippen LogP contribution in [0.3, 0.4) is 0 Å². The third-order valence-corrected chi connectivity index (χ3v) is 3.77. The lowest BCUT2D eigenvalue weighted by atomic mass is 9.57. The van der Waals surface area contributed by atoms with Crippen LogP contribution in [-0.4, -0.2) is 12.2 Å². The minimum absolute atomic E-state index is 0.292. The van der Waals surface area contributed by atoms with Crippen LogP contribution in [0.1, 0.15) is 33.6 Å². The second kappa shape index (κ2) is 2.22. The molecule has 2 rings (SSSR count). The zero-order valence-electron chi connectivity index (χ0n) is 7.76. The highest BCUT2D eigenvalue weighted by molar-refractivity contribution is 5.07. The Labute approximate surface area is 69.1 Å². The molecule has 1 heteroatoms. The molecule has 2 unspecified atom stereocenters. The maximum atomic E-state index is 5.91. The molecule has 11 heavy (non-hydrogen) atoms. The van der Waals surface area contributed by atoms with E-state index in [1.807, 2.05) is 0 Å². The van der Waals surface area contributed by atoms with Crippen LogP contribution >= 0.6 is 0 Å². The lowest BCUT2D eigenvalue weighted by Crippen LogP contribution is -2.55. The van der Waals surface area contributed by atoms with Gasteiger partial charge in [0, 0.05) is 6.61 Å². The Hall–Kier alpha value is -0.0400. The summed E-state index contributed by atoms with van der Waals surface area (Å²) in [5.74, 6) is 2.39. The summed E-state index contributed by atoms with van der Waals surface area (Å²) >= 11 is 0. The molecule has 2 fully saturated rings. The van der Waals surface area contributed by atoms with Crippen molar-refractivity contribution in [3.8, 4) is 0 Å². The molecule has 0 radical (unpaired) electrons. The van der Waals surface area contributed by atoms with Crippen molar-refractivity contribution in [2.24, 2.45) is 17.8 Å². The van der Waals surface area contributed by atoms with Crippen molar-refractivity contribution in [3.63, 3.8) is 0 Å². The Morgan fingerprint density at radius 2 is 2.18 bits per heavy atom. The standard InChI is InChI=1S/C10H18O/c1-7(2)10-8(3)6-9(10)4-5-11-10/h7-9H,4-6H2,1-3H3/t8-,9?,10?/m0/s1. The largest absolute Gasteiger partial charge is 0.374 e. The minimum atomic E-state index is 0.292. The molecule has 0 amide bonds. The van der Waals surface area contributed by atoms with E-state index in [0.717, 1.165) is 18.4 Å². The SMILES string of the molecule is CC(C)C12OCCC1C[C@@H]2C. The molecule has 0 bridgehead atoms. The van der Waals surface area contributed by atoms with Crippen LogP contribution in [0.4, 0.5) is 0 Å². The van der Waals surface area contributed by atoms with E-state index in [1.54, 1.807) is 0 Å². The smallest absolute Gasteiger partial charge is 0.0759 e. The molecule has 2 aliphatic rings. The predicted molar refractivity (Wildman–Crippen MR) is 45.4 cm³/mol. The molecule has 1 saturated heterocycles. The summed E-state index contributed by atoms with van der Waals surface area (Å²) in [7, 11) is 0. The summed E-state index contributed by atoms with van der Waals surface area (Å²) in [6.07, 6.45) is 2.71. The van der Waals surface area contributed by atoms with E-state index in [-0.39, 0.29) is 0 Å². The highest BCUT2D eigenvalue weighted by atomic mass is 16.5. The minimum Gasteiger partial charge on any atom is -0.374 e. The van der Waals surface area contributed by atoms with Crippen molar-refractivity contribution < 1.29 is 4.74 Å². The molecule has 1 aliphatic carbocycles. The van der Waals surface area contributed by atoms with Gasteiger partial charge < -0.3 is 4.74 Å². The van der Waals surface area contributed by atoms with Crippen molar-refractivity contribution >= 4 is 0 Å². The summed E-state index contributed by atoms with van der Waals surface area (Å²) in [5.41, 5.74) is 0.292. The molecule has 0 aromatic rings.